The van der Waals surface area contributed by atoms with Crippen LogP contribution in [0.3, 0.4) is 0 Å². The van der Waals surface area contributed by atoms with Crippen LogP contribution in [0.2, 0.25) is 0 Å². The van der Waals surface area contributed by atoms with Crippen molar-refractivity contribution in [3.05, 3.63) is 119 Å². The maximum absolute atomic E-state index is 13.6. The largest absolute Gasteiger partial charge is 0.506 e. The highest BCUT2D eigenvalue weighted by atomic mass is 16.5. The van der Waals surface area contributed by atoms with Crippen molar-refractivity contribution in [3.63, 3.8) is 0 Å². The van der Waals surface area contributed by atoms with Gasteiger partial charge in [-0.1, -0.05) is 60.7 Å². The van der Waals surface area contributed by atoms with Crippen molar-refractivity contribution >= 4 is 33.9 Å². The quantitative estimate of drug-likeness (QED) is 0.193. The molecule has 0 fully saturated rings. The summed E-state index contributed by atoms with van der Waals surface area (Å²) in [6, 6.07) is 26.1. The summed E-state index contributed by atoms with van der Waals surface area (Å²) in [5.74, 6) is 0.615. The van der Waals surface area contributed by atoms with Crippen LogP contribution in [-0.4, -0.2) is 55.1 Å². The molecule has 4 aromatic carbocycles. The van der Waals surface area contributed by atoms with Crippen molar-refractivity contribution in [1.29, 1.82) is 0 Å². The van der Waals surface area contributed by atoms with E-state index >= 15 is 0 Å². The molecule has 216 valence electrons. The topological polar surface area (TPSA) is 102 Å². The van der Waals surface area contributed by atoms with Gasteiger partial charge in [-0.05, 0) is 49.2 Å². The number of phenols is 1. The minimum absolute atomic E-state index is 0.0763. The first-order valence-electron chi connectivity index (χ1n) is 13.9. The van der Waals surface area contributed by atoms with Gasteiger partial charge in [0.2, 0.25) is 0 Å². The van der Waals surface area contributed by atoms with Crippen LogP contribution in [0, 0.1) is 13.8 Å². The van der Waals surface area contributed by atoms with E-state index < -0.39 is 5.97 Å². The number of nitrogens with zero attached hydrogens (tertiary/aromatic N) is 5. The number of aromatic nitrogens is 4. The van der Waals surface area contributed by atoms with Crippen molar-refractivity contribution in [3.8, 4) is 11.5 Å². The zero-order valence-corrected chi connectivity index (χ0v) is 24.4. The van der Waals surface area contributed by atoms with E-state index in [4.69, 9.17) is 9.72 Å². The number of carbonyl (C=O) groups is 2. The molecule has 2 heterocycles. The van der Waals surface area contributed by atoms with E-state index in [2.05, 4.69) is 4.98 Å². The Kier molecular flexibility index (Phi) is 7.15. The first-order valence-corrected chi connectivity index (χ1v) is 13.9. The number of phenolic OH excluding ortho intramolecular Hbond substituents is 1. The maximum Gasteiger partial charge on any atom is 0.343 e. The van der Waals surface area contributed by atoms with Gasteiger partial charge in [0.15, 0.2) is 5.75 Å². The minimum atomic E-state index is -0.687. The summed E-state index contributed by atoms with van der Waals surface area (Å²) in [7, 11) is 3.32. The maximum atomic E-state index is 13.6. The molecule has 0 aliphatic heterocycles. The number of ether oxygens (including phenoxy) is 1. The van der Waals surface area contributed by atoms with Gasteiger partial charge in [-0.3, -0.25) is 4.79 Å². The van der Waals surface area contributed by atoms with Gasteiger partial charge in [-0.25, -0.2) is 14.8 Å². The van der Waals surface area contributed by atoms with Gasteiger partial charge < -0.3 is 23.9 Å². The van der Waals surface area contributed by atoms with Gasteiger partial charge >= 0.3 is 5.97 Å². The number of aryl methyl sites for hydroxylation is 2. The average Bonchev–Trinajstić information content (AvgIpc) is 3.48. The number of esters is 1. The molecule has 0 spiro atoms. The predicted molar refractivity (Wildman–Crippen MR) is 165 cm³/mol. The van der Waals surface area contributed by atoms with Crippen LogP contribution in [0.5, 0.6) is 11.5 Å². The summed E-state index contributed by atoms with van der Waals surface area (Å²) >= 11 is 0. The lowest BCUT2D eigenvalue weighted by atomic mass is 10.1. The molecule has 2 aromatic heterocycles. The van der Waals surface area contributed by atoms with Crippen LogP contribution in [0.15, 0.2) is 84.9 Å². The molecule has 0 radical (unpaired) electrons. The Morgan fingerprint density at radius 1 is 0.744 bits per heavy atom. The molecule has 0 atom stereocenters. The Morgan fingerprint density at radius 2 is 1.26 bits per heavy atom. The minimum Gasteiger partial charge on any atom is -0.506 e. The third-order valence-corrected chi connectivity index (χ3v) is 7.47. The van der Waals surface area contributed by atoms with E-state index in [0.717, 1.165) is 11.1 Å². The molecule has 43 heavy (non-hydrogen) atoms. The van der Waals surface area contributed by atoms with E-state index in [1.165, 1.54) is 11.0 Å². The number of imidazole rings is 2. The average molecular weight is 574 g/mol. The fourth-order valence-corrected chi connectivity index (χ4v) is 5.36. The fourth-order valence-electron chi connectivity index (χ4n) is 5.36. The Balaban J connectivity index is 1.41. The number of hydrogen-bond acceptors (Lipinski definition) is 6. The molecule has 0 unspecified atom stereocenters. The lowest BCUT2D eigenvalue weighted by molar-refractivity contribution is 0.0733. The molecule has 9 heteroatoms. The van der Waals surface area contributed by atoms with Crippen LogP contribution in [-0.2, 0) is 13.1 Å². The van der Waals surface area contributed by atoms with Crippen molar-refractivity contribution in [2.24, 2.45) is 0 Å². The number of hydrogen-bond donors (Lipinski definition) is 1. The van der Waals surface area contributed by atoms with Crippen molar-refractivity contribution in [2.75, 3.05) is 14.1 Å². The van der Waals surface area contributed by atoms with Gasteiger partial charge in [-0.15, -0.1) is 0 Å². The van der Waals surface area contributed by atoms with Crippen LogP contribution < -0.4 is 4.74 Å². The zero-order valence-electron chi connectivity index (χ0n) is 24.4. The lowest BCUT2D eigenvalue weighted by Crippen LogP contribution is -2.22. The molecule has 6 aromatic rings. The highest BCUT2D eigenvalue weighted by Crippen LogP contribution is 2.33. The van der Waals surface area contributed by atoms with E-state index in [9.17, 15) is 14.7 Å². The smallest absolute Gasteiger partial charge is 0.343 e. The number of carbonyl (C=O) groups excluding carboxylic acids is 2. The Labute approximate surface area is 248 Å². The standard InChI is InChI=1S/C34H31N5O4/c1-21-35-27-16-26(17-29(40)31(27)38(21)19-23-11-7-5-8-12-23)34(42)43-30-18-25(33(41)37(3)4)15-28-32(30)39(22(2)36-28)20-24-13-9-6-10-14-24/h5-18,40H,19-20H2,1-4H3. The van der Waals surface area contributed by atoms with Crippen LogP contribution in [0.25, 0.3) is 22.1 Å². The molecule has 1 N–H and O–H groups in total. The highest BCUT2D eigenvalue weighted by Gasteiger charge is 2.23. The highest BCUT2D eigenvalue weighted by molar-refractivity contribution is 6.02. The monoisotopic (exact) mass is 573 g/mol. The lowest BCUT2D eigenvalue weighted by Gasteiger charge is -2.14. The number of benzene rings is 4. The van der Waals surface area contributed by atoms with E-state index in [1.54, 1.807) is 32.3 Å². The van der Waals surface area contributed by atoms with Crippen molar-refractivity contribution in [1.82, 2.24) is 24.0 Å². The number of fused-ring (bicyclic) bond motifs is 2. The molecule has 1 amide bonds. The third-order valence-electron chi connectivity index (χ3n) is 7.47. The third kappa shape index (κ3) is 5.32. The van der Waals surface area contributed by atoms with E-state index in [0.29, 0.717) is 52.4 Å². The summed E-state index contributed by atoms with van der Waals surface area (Å²) < 4.78 is 9.88. The molecule has 0 aliphatic carbocycles. The fraction of sp³-hybridized carbons (Fsp3) is 0.176. The van der Waals surface area contributed by atoms with Crippen LogP contribution in [0.4, 0.5) is 0 Å². The molecular formula is C34H31N5O4. The normalized spacial score (nSPS) is 11.3. The second-order valence-corrected chi connectivity index (χ2v) is 10.8. The summed E-state index contributed by atoms with van der Waals surface area (Å²) in [4.78, 5) is 37.4. The summed E-state index contributed by atoms with van der Waals surface area (Å²) in [5, 5.41) is 11.1. The first kappa shape index (κ1) is 27.7. The van der Waals surface area contributed by atoms with Crippen molar-refractivity contribution < 1.29 is 19.4 Å². The second-order valence-electron chi connectivity index (χ2n) is 10.8. The molecule has 0 saturated carbocycles. The van der Waals surface area contributed by atoms with Gasteiger partial charge in [0.1, 0.15) is 28.4 Å². The Hall–Kier alpha value is -5.44. The molecule has 0 bridgehead atoms. The van der Waals surface area contributed by atoms with E-state index in [-0.39, 0.29) is 23.0 Å². The zero-order chi connectivity index (χ0) is 30.2. The SMILES string of the molecule is Cc1nc2cc(C(=O)Oc3cc(C(=O)N(C)C)cc4nc(C)n(Cc5ccccc5)c34)cc(O)c2n1Cc1ccccc1. The molecule has 0 aliphatic rings. The van der Waals surface area contributed by atoms with E-state index in [1.807, 2.05) is 83.6 Å². The van der Waals surface area contributed by atoms with Gasteiger partial charge in [0, 0.05) is 32.7 Å². The molecule has 6 rings (SSSR count). The first-order chi connectivity index (χ1) is 20.7. The Morgan fingerprint density at radius 3 is 1.81 bits per heavy atom. The summed E-state index contributed by atoms with van der Waals surface area (Å²) in [5.41, 5.74) is 4.74. The van der Waals surface area contributed by atoms with Gasteiger partial charge in [-0.2, -0.15) is 0 Å². The van der Waals surface area contributed by atoms with Crippen LogP contribution in [0.1, 0.15) is 43.5 Å². The van der Waals surface area contributed by atoms with Gasteiger partial charge in [0.25, 0.3) is 5.91 Å². The number of amides is 1. The Bertz CT molecular complexity index is 1990. The van der Waals surface area contributed by atoms with Crippen molar-refractivity contribution in [2.45, 2.75) is 26.9 Å². The van der Waals surface area contributed by atoms with Gasteiger partial charge in [0.05, 0.1) is 16.6 Å². The second kappa shape index (κ2) is 11.1. The number of aromatic hydroxyl groups is 1. The molecule has 0 saturated heterocycles. The predicted octanol–water partition coefficient (Wildman–Crippen LogP) is 5.73. The summed E-state index contributed by atoms with van der Waals surface area (Å²) in [6.07, 6.45) is 0. The number of rotatable bonds is 7. The van der Waals surface area contributed by atoms with Crippen LogP contribution >= 0.6 is 0 Å². The molecular weight excluding hydrogens is 542 g/mol. The summed E-state index contributed by atoms with van der Waals surface area (Å²) in [6.45, 7) is 4.76. The molecule has 9 nitrogen and oxygen atoms in total.